The van der Waals surface area contributed by atoms with Crippen LogP contribution in [0.3, 0.4) is 0 Å². The Bertz CT molecular complexity index is 517. The molecular weight excluding hydrogens is 268 g/mol. The lowest BCUT2D eigenvalue weighted by molar-refractivity contribution is -0.143. The highest BCUT2D eigenvalue weighted by Crippen LogP contribution is 2.21. The summed E-state index contributed by atoms with van der Waals surface area (Å²) in [6.07, 6.45) is 0.460. The van der Waals surface area contributed by atoms with Crippen molar-refractivity contribution in [2.75, 3.05) is 18.9 Å². The van der Waals surface area contributed by atoms with Crippen LogP contribution in [-0.2, 0) is 9.59 Å². The lowest BCUT2D eigenvalue weighted by atomic mass is 10.1. The number of nitrogens with zero attached hydrogens (tertiary/aromatic N) is 1. The van der Waals surface area contributed by atoms with Crippen molar-refractivity contribution in [3.05, 3.63) is 28.8 Å². The third-order valence-corrected chi connectivity index (χ3v) is 3.54. The van der Waals surface area contributed by atoms with Gasteiger partial charge in [-0.25, -0.2) is 0 Å². The number of carbonyl (C=O) groups is 2. The van der Waals surface area contributed by atoms with Gasteiger partial charge in [0.1, 0.15) is 6.04 Å². The molecule has 0 aliphatic carbocycles. The van der Waals surface area contributed by atoms with Crippen LogP contribution in [0.1, 0.15) is 30.0 Å². The topological polar surface area (TPSA) is 69.6 Å². The third kappa shape index (κ3) is 4.56. The Morgan fingerprint density at radius 3 is 2.19 bits per heavy atom. The van der Waals surface area contributed by atoms with Gasteiger partial charge in [-0.1, -0.05) is 24.6 Å². The number of hydrogen-bond acceptors (Lipinski definition) is 3. The van der Waals surface area contributed by atoms with Gasteiger partial charge in [0.2, 0.25) is 5.91 Å². The summed E-state index contributed by atoms with van der Waals surface area (Å²) in [6, 6.07) is 3.38. The molecule has 1 aromatic rings. The van der Waals surface area contributed by atoms with Crippen LogP contribution in [0, 0.1) is 20.8 Å². The Kier molecular flexibility index (Phi) is 5.90. The maximum absolute atomic E-state index is 12.1. The summed E-state index contributed by atoms with van der Waals surface area (Å²) in [4.78, 5) is 24.7. The van der Waals surface area contributed by atoms with Crippen LogP contribution >= 0.6 is 0 Å². The van der Waals surface area contributed by atoms with Crippen molar-refractivity contribution in [3.8, 4) is 0 Å². The fraction of sp³-hybridized carbons (Fsp3) is 0.500. The summed E-state index contributed by atoms with van der Waals surface area (Å²) < 4.78 is 0. The van der Waals surface area contributed by atoms with E-state index in [9.17, 15) is 9.59 Å². The van der Waals surface area contributed by atoms with Crippen molar-refractivity contribution in [2.24, 2.45) is 0 Å². The molecule has 0 aromatic heterocycles. The van der Waals surface area contributed by atoms with Crippen LogP contribution in [0.5, 0.6) is 0 Å². The molecule has 1 amide bonds. The molecule has 0 aliphatic rings. The standard InChI is InChI=1S/C16H24N2O3/c1-6-13(16(20)21)18(5)9-14(19)17-15-11(3)7-10(2)8-12(15)4/h7-8,13H,6,9H2,1-5H3,(H,17,19)(H,20,21). The molecule has 116 valence electrons. The summed E-state index contributed by atoms with van der Waals surface area (Å²) in [6.45, 7) is 7.76. The van der Waals surface area contributed by atoms with E-state index < -0.39 is 12.0 Å². The molecule has 5 nitrogen and oxygen atoms in total. The maximum atomic E-state index is 12.1. The zero-order chi connectivity index (χ0) is 16.2. The van der Waals surface area contributed by atoms with Crippen LogP contribution in [0.15, 0.2) is 12.1 Å². The Morgan fingerprint density at radius 2 is 1.76 bits per heavy atom. The number of carbonyl (C=O) groups excluding carboxylic acids is 1. The molecule has 0 heterocycles. The van der Waals surface area contributed by atoms with Crippen molar-refractivity contribution in [1.29, 1.82) is 0 Å². The second kappa shape index (κ2) is 7.22. The van der Waals surface area contributed by atoms with Gasteiger partial charge in [0.15, 0.2) is 0 Å². The highest BCUT2D eigenvalue weighted by Gasteiger charge is 2.22. The number of anilines is 1. The molecule has 0 bridgehead atoms. The van der Waals surface area contributed by atoms with Gasteiger partial charge >= 0.3 is 5.97 Å². The highest BCUT2D eigenvalue weighted by molar-refractivity contribution is 5.94. The van der Waals surface area contributed by atoms with Gasteiger partial charge in [-0.2, -0.15) is 0 Å². The smallest absolute Gasteiger partial charge is 0.320 e. The molecule has 1 rings (SSSR count). The summed E-state index contributed by atoms with van der Waals surface area (Å²) in [7, 11) is 1.65. The average Bonchev–Trinajstić information content (AvgIpc) is 2.33. The summed E-state index contributed by atoms with van der Waals surface area (Å²) in [5.74, 6) is -1.11. The molecule has 5 heteroatoms. The molecule has 21 heavy (non-hydrogen) atoms. The monoisotopic (exact) mass is 292 g/mol. The second-order valence-corrected chi connectivity index (χ2v) is 5.50. The highest BCUT2D eigenvalue weighted by atomic mass is 16.4. The Hall–Kier alpha value is -1.88. The predicted molar refractivity (Wildman–Crippen MR) is 83.6 cm³/mol. The number of nitrogens with one attached hydrogen (secondary N) is 1. The fourth-order valence-corrected chi connectivity index (χ4v) is 2.57. The predicted octanol–water partition coefficient (Wildman–Crippen LogP) is 2.35. The summed E-state index contributed by atoms with van der Waals surface area (Å²) in [5.41, 5.74) is 3.97. The minimum absolute atomic E-state index is 0.0531. The lowest BCUT2D eigenvalue weighted by Gasteiger charge is -2.23. The van der Waals surface area contributed by atoms with Crippen molar-refractivity contribution in [1.82, 2.24) is 4.90 Å². The number of likely N-dealkylation sites (N-methyl/N-ethyl adjacent to an activating group) is 1. The summed E-state index contributed by atoms with van der Waals surface area (Å²) in [5, 5.41) is 12.0. The Labute approximate surface area is 126 Å². The molecule has 0 saturated heterocycles. The first-order valence-electron chi connectivity index (χ1n) is 7.07. The fourth-order valence-electron chi connectivity index (χ4n) is 2.57. The number of benzene rings is 1. The molecule has 2 N–H and O–H groups in total. The SMILES string of the molecule is CCC(C(=O)O)N(C)CC(=O)Nc1c(C)cc(C)cc1C. The first-order chi connectivity index (χ1) is 9.76. The van der Waals surface area contributed by atoms with Gasteiger partial charge in [0, 0.05) is 5.69 Å². The molecule has 0 fully saturated rings. The number of aliphatic carboxylic acids is 1. The first kappa shape index (κ1) is 17.2. The number of aryl methyl sites for hydroxylation is 3. The zero-order valence-corrected chi connectivity index (χ0v) is 13.4. The van der Waals surface area contributed by atoms with E-state index in [1.807, 2.05) is 32.9 Å². The van der Waals surface area contributed by atoms with Gasteiger partial charge in [-0.05, 0) is 45.4 Å². The second-order valence-electron chi connectivity index (χ2n) is 5.50. The normalized spacial score (nSPS) is 12.3. The van der Waals surface area contributed by atoms with E-state index in [0.717, 1.165) is 22.4 Å². The minimum atomic E-state index is -0.907. The number of hydrogen-bond donors (Lipinski definition) is 2. The lowest BCUT2D eigenvalue weighted by Crippen LogP contribution is -2.42. The van der Waals surface area contributed by atoms with Gasteiger partial charge in [-0.3, -0.25) is 14.5 Å². The van der Waals surface area contributed by atoms with Crippen LogP contribution in [-0.4, -0.2) is 41.5 Å². The van der Waals surface area contributed by atoms with E-state index in [-0.39, 0.29) is 12.5 Å². The molecule has 0 spiro atoms. The number of rotatable bonds is 6. The maximum Gasteiger partial charge on any atom is 0.320 e. The average molecular weight is 292 g/mol. The van der Waals surface area contributed by atoms with Gasteiger partial charge in [0.25, 0.3) is 0 Å². The molecule has 1 aromatic carbocycles. The van der Waals surface area contributed by atoms with Crippen LogP contribution in [0.25, 0.3) is 0 Å². The van der Waals surface area contributed by atoms with Gasteiger partial charge < -0.3 is 10.4 Å². The van der Waals surface area contributed by atoms with Gasteiger partial charge in [0.05, 0.1) is 6.54 Å². The minimum Gasteiger partial charge on any atom is -0.480 e. The van der Waals surface area contributed by atoms with Crippen molar-refractivity contribution in [2.45, 2.75) is 40.2 Å². The van der Waals surface area contributed by atoms with Crippen LogP contribution in [0.4, 0.5) is 5.69 Å². The quantitative estimate of drug-likeness (QED) is 0.844. The molecular formula is C16H24N2O3. The van der Waals surface area contributed by atoms with E-state index in [1.165, 1.54) is 0 Å². The van der Waals surface area contributed by atoms with E-state index in [4.69, 9.17) is 5.11 Å². The Morgan fingerprint density at radius 1 is 1.24 bits per heavy atom. The largest absolute Gasteiger partial charge is 0.480 e. The Balaban J connectivity index is 2.77. The molecule has 0 saturated carbocycles. The van der Waals surface area contributed by atoms with Crippen LogP contribution < -0.4 is 5.32 Å². The van der Waals surface area contributed by atoms with E-state index in [2.05, 4.69) is 5.32 Å². The molecule has 1 unspecified atom stereocenters. The number of amides is 1. The van der Waals surface area contributed by atoms with Crippen molar-refractivity contribution < 1.29 is 14.7 Å². The summed E-state index contributed by atoms with van der Waals surface area (Å²) >= 11 is 0. The zero-order valence-electron chi connectivity index (χ0n) is 13.4. The first-order valence-corrected chi connectivity index (χ1v) is 7.07. The van der Waals surface area contributed by atoms with E-state index in [0.29, 0.717) is 6.42 Å². The van der Waals surface area contributed by atoms with E-state index >= 15 is 0 Å². The number of carboxylic acids is 1. The van der Waals surface area contributed by atoms with Crippen molar-refractivity contribution in [3.63, 3.8) is 0 Å². The van der Waals surface area contributed by atoms with E-state index in [1.54, 1.807) is 18.9 Å². The number of carboxylic acid groups (broad SMARTS) is 1. The van der Waals surface area contributed by atoms with Crippen LogP contribution in [0.2, 0.25) is 0 Å². The molecule has 0 aliphatic heterocycles. The third-order valence-electron chi connectivity index (χ3n) is 3.54. The molecule has 1 atom stereocenters. The van der Waals surface area contributed by atoms with Gasteiger partial charge in [-0.15, -0.1) is 0 Å². The van der Waals surface area contributed by atoms with Crippen molar-refractivity contribution >= 4 is 17.6 Å². The molecule has 0 radical (unpaired) electrons.